The third kappa shape index (κ3) is 4.91. The number of fused-ring (bicyclic) bond motifs is 2. The van der Waals surface area contributed by atoms with Crippen molar-refractivity contribution in [2.24, 2.45) is 10.1 Å². The molecule has 0 bridgehead atoms. The maximum atomic E-state index is 14.3. The van der Waals surface area contributed by atoms with Crippen LogP contribution in [0, 0.1) is 11.2 Å². The third-order valence-corrected chi connectivity index (χ3v) is 7.38. The molecule has 0 aliphatic carbocycles. The fourth-order valence-corrected chi connectivity index (χ4v) is 5.43. The Morgan fingerprint density at radius 3 is 2.67 bits per heavy atom. The number of para-hydroxylation sites is 1. The van der Waals surface area contributed by atoms with E-state index in [0.29, 0.717) is 17.3 Å². The van der Waals surface area contributed by atoms with Gasteiger partial charge in [-0.2, -0.15) is 15.1 Å². The molecule has 2 aliphatic rings. The maximum Gasteiger partial charge on any atom is 0.283 e. The summed E-state index contributed by atoms with van der Waals surface area (Å²) in [5.74, 6) is -0.666. The number of hydrazone groups is 1. The van der Waals surface area contributed by atoms with Gasteiger partial charge in [-0.05, 0) is 42.8 Å². The van der Waals surface area contributed by atoms with Crippen molar-refractivity contribution in [3.05, 3.63) is 77.2 Å². The van der Waals surface area contributed by atoms with E-state index in [1.165, 1.54) is 42.1 Å². The molecule has 0 fully saturated rings. The minimum Gasteiger partial charge on any atom is -0.342 e. The van der Waals surface area contributed by atoms with Gasteiger partial charge in [-0.15, -0.1) is 0 Å². The summed E-state index contributed by atoms with van der Waals surface area (Å²) in [6.45, 7) is 2.56. The molecule has 2 aromatic carbocycles. The Morgan fingerprint density at radius 2 is 1.83 bits per heavy atom. The Kier molecular flexibility index (Phi) is 7.13. The van der Waals surface area contributed by atoms with Crippen LogP contribution in [-0.4, -0.2) is 31.5 Å². The van der Waals surface area contributed by atoms with Crippen molar-refractivity contribution in [2.75, 3.05) is 0 Å². The minimum absolute atomic E-state index is 0.0319. The van der Waals surface area contributed by atoms with Crippen LogP contribution in [0.5, 0.6) is 0 Å². The molecular weight excluding hydrogens is 473 g/mol. The Bertz CT molecular complexity index is 1420. The average molecular weight is 502 g/mol. The van der Waals surface area contributed by atoms with Crippen molar-refractivity contribution in [3.8, 4) is 0 Å². The monoisotopic (exact) mass is 501 g/mol. The van der Waals surface area contributed by atoms with Crippen LogP contribution < -0.4 is 0 Å². The fraction of sp³-hybridized carbons (Fsp3) is 0.286. The smallest absolute Gasteiger partial charge is 0.283 e. The largest absolute Gasteiger partial charge is 0.342 e. The molecule has 184 valence electrons. The van der Waals surface area contributed by atoms with Gasteiger partial charge in [0.1, 0.15) is 10.9 Å². The molecule has 0 atom stereocenters. The molecule has 6 nitrogen and oxygen atoms in total. The molecule has 36 heavy (non-hydrogen) atoms. The summed E-state index contributed by atoms with van der Waals surface area (Å²) in [5, 5.41) is 17.0. The van der Waals surface area contributed by atoms with Gasteiger partial charge in [-0.3, -0.25) is 10.2 Å². The number of nitrogens with one attached hydrogen (secondary N) is 1. The van der Waals surface area contributed by atoms with E-state index in [4.69, 9.17) is 5.41 Å². The molecule has 1 N–H and O–H groups in total. The van der Waals surface area contributed by atoms with Crippen molar-refractivity contribution in [3.63, 3.8) is 0 Å². The summed E-state index contributed by atoms with van der Waals surface area (Å²) in [6.07, 6.45) is 10.3. The lowest BCUT2D eigenvalue weighted by Crippen LogP contribution is -2.35. The van der Waals surface area contributed by atoms with Gasteiger partial charge >= 0.3 is 0 Å². The number of amidine groups is 2. The van der Waals surface area contributed by atoms with E-state index in [2.05, 4.69) is 17.0 Å². The fourth-order valence-electron chi connectivity index (χ4n) is 4.50. The predicted octanol–water partition coefficient (Wildman–Crippen LogP) is 6.81. The van der Waals surface area contributed by atoms with Gasteiger partial charge in [0.15, 0.2) is 5.84 Å². The molecule has 0 spiro atoms. The first-order valence-corrected chi connectivity index (χ1v) is 13.2. The number of hydrogen-bond acceptors (Lipinski definition) is 4. The average Bonchev–Trinajstić information content (AvgIpc) is 3.44. The number of hydrogen-bond donors (Lipinski definition) is 1. The zero-order chi connectivity index (χ0) is 25.1. The quantitative estimate of drug-likeness (QED) is 0.259. The number of carbonyl (C=O) groups excluding carboxylic acids is 1. The van der Waals surface area contributed by atoms with Crippen LogP contribution in [0.25, 0.3) is 17.0 Å². The van der Waals surface area contributed by atoms with Gasteiger partial charge in [-0.25, -0.2) is 4.39 Å². The molecule has 1 aromatic heterocycles. The zero-order valence-corrected chi connectivity index (χ0v) is 21.0. The van der Waals surface area contributed by atoms with E-state index in [-0.39, 0.29) is 17.2 Å². The first-order chi connectivity index (χ1) is 17.5. The van der Waals surface area contributed by atoms with Gasteiger partial charge in [0.25, 0.3) is 5.91 Å². The van der Waals surface area contributed by atoms with Crippen molar-refractivity contribution in [1.29, 1.82) is 5.41 Å². The van der Waals surface area contributed by atoms with Crippen LogP contribution in [0.2, 0.25) is 0 Å². The predicted molar refractivity (Wildman–Crippen MR) is 146 cm³/mol. The van der Waals surface area contributed by atoms with Crippen LogP contribution in [0.4, 0.5) is 4.39 Å². The summed E-state index contributed by atoms with van der Waals surface area (Å²) in [6, 6.07) is 14.5. The molecule has 8 heteroatoms. The molecule has 1 amide bonds. The third-order valence-electron chi connectivity index (χ3n) is 6.41. The number of halogens is 1. The minimum atomic E-state index is -0.441. The van der Waals surface area contributed by atoms with Crippen LogP contribution in [0.1, 0.15) is 56.6 Å². The van der Waals surface area contributed by atoms with Crippen LogP contribution in [-0.2, 0) is 11.3 Å². The highest BCUT2D eigenvalue weighted by molar-refractivity contribution is 8.26. The molecule has 0 radical (unpaired) electrons. The molecule has 3 aromatic rings. The summed E-state index contributed by atoms with van der Waals surface area (Å²) in [7, 11) is 0. The molecule has 0 saturated carbocycles. The van der Waals surface area contributed by atoms with Gasteiger partial charge < -0.3 is 4.57 Å². The Balaban J connectivity index is 1.41. The van der Waals surface area contributed by atoms with Gasteiger partial charge in [0, 0.05) is 28.2 Å². The Morgan fingerprint density at radius 1 is 1.06 bits per heavy atom. The number of carbonyl (C=O) groups is 1. The molecular formula is C28H28FN5OS. The first kappa shape index (κ1) is 24.2. The van der Waals surface area contributed by atoms with Crippen molar-refractivity contribution in [2.45, 2.75) is 52.0 Å². The highest BCUT2D eigenvalue weighted by atomic mass is 32.2. The summed E-state index contributed by atoms with van der Waals surface area (Å²) < 4.78 is 16.3. The zero-order valence-electron chi connectivity index (χ0n) is 20.2. The van der Waals surface area contributed by atoms with Crippen molar-refractivity contribution >= 4 is 50.7 Å². The van der Waals surface area contributed by atoms with E-state index in [1.54, 1.807) is 18.2 Å². The second kappa shape index (κ2) is 10.6. The second-order valence-corrected chi connectivity index (χ2v) is 10.0. The van der Waals surface area contributed by atoms with Gasteiger partial charge in [0.05, 0.1) is 12.1 Å². The van der Waals surface area contributed by atoms with E-state index in [1.807, 2.05) is 41.1 Å². The van der Waals surface area contributed by atoms with Crippen molar-refractivity contribution < 1.29 is 9.18 Å². The second-order valence-electron chi connectivity index (χ2n) is 9.00. The van der Waals surface area contributed by atoms with E-state index < -0.39 is 5.91 Å². The number of unbranched alkanes of at least 4 members (excludes halogenated alkanes) is 4. The van der Waals surface area contributed by atoms with Crippen molar-refractivity contribution in [1.82, 2.24) is 9.58 Å². The Hall–Kier alpha value is -3.52. The maximum absolute atomic E-state index is 14.3. The first-order valence-electron chi connectivity index (χ1n) is 12.4. The van der Waals surface area contributed by atoms with E-state index >= 15 is 0 Å². The lowest BCUT2D eigenvalue weighted by atomic mass is 10.1. The Labute approximate surface area is 214 Å². The number of aliphatic imine (C=N–C) groups is 1. The van der Waals surface area contributed by atoms with Gasteiger partial charge in [-0.1, -0.05) is 69.0 Å². The van der Waals surface area contributed by atoms with Crippen LogP contribution in [0.3, 0.4) is 0 Å². The van der Waals surface area contributed by atoms with E-state index in [9.17, 15) is 9.18 Å². The molecule has 5 rings (SSSR count). The summed E-state index contributed by atoms with van der Waals surface area (Å²) >= 11 is 1.38. The lowest BCUT2D eigenvalue weighted by Gasteiger charge is -2.20. The molecule has 2 aliphatic heterocycles. The summed E-state index contributed by atoms with van der Waals surface area (Å²) in [5.41, 5.74) is 2.48. The normalized spacial score (nSPS) is 16.6. The van der Waals surface area contributed by atoms with E-state index in [0.717, 1.165) is 40.8 Å². The molecule has 3 heterocycles. The van der Waals surface area contributed by atoms with Crippen LogP contribution in [0.15, 0.2) is 70.4 Å². The number of amides is 1. The number of thioether (sulfide) groups is 1. The highest BCUT2D eigenvalue weighted by Gasteiger charge is 2.35. The standard InChI is InChI=1S/C28H28FN5OS/c1-2-3-4-5-6-15-25-32-34-26(30)22(27(35)31-28(34)36-25)16-20-18-33(24-14-10-8-12-21(20)24)17-19-11-7-9-13-23(19)29/h7-14,16,18,30H,2-6,15,17H2,1H3/b22-16-,30-26?. The number of nitrogens with zero attached hydrogens (tertiary/aromatic N) is 4. The van der Waals surface area contributed by atoms with Crippen LogP contribution >= 0.6 is 11.8 Å². The van der Waals surface area contributed by atoms with Gasteiger partial charge in [0.2, 0.25) is 5.17 Å². The molecule has 0 unspecified atom stereocenters. The topological polar surface area (TPSA) is 73.8 Å². The number of benzene rings is 2. The number of rotatable bonds is 9. The lowest BCUT2D eigenvalue weighted by molar-refractivity contribution is -0.114. The number of aromatic nitrogens is 1. The SMILES string of the molecule is CCCCCCCC1=NN2C(=N)/C(=C/c3cn(Cc4ccccc4F)c4ccccc34)C(=O)N=C2S1. The molecule has 0 saturated heterocycles. The summed E-state index contributed by atoms with van der Waals surface area (Å²) in [4.78, 5) is 17.2. The highest BCUT2D eigenvalue weighted by Crippen LogP contribution is 2.32.